The number of carboxylic acid groups (broad SMARTS) is 1. The van der Waals surface area contributed by atoms with Gasteiger partial charge in [-0.05, 0) is 23.1 Å². The van der Waals surface area contributed by atoms with Crippen molar-refractivity contribution in [3.05, 3.63) is 114 Å². The number of benzene rings is 3. The molecule has 0 bridgehead atoms. The maximum absolute atomic E-state index is 13.1. The molecule has 0 fully saturated rings. The lowest BCUT2D eigenvalue weighted by atomic mass is 10.0. The number of hydrogen-bond donors (Lipinski definition) is 4. The SMILES string of the molecule is N[C@H](Cc1ccccc1)C(=O)N[C@@H](Cc1ccccc1)C(=O)N[C@H](/C=C/c1ccccc1)C(=O)O. The van der Waals surface area contributed by atoms with Gasteiger partial charge >= 0.3 is 5.97 Å². The molecule has 0 aromatic heterocycles. The molecule has 7 nitrogen and oxygen atoms in total. The van der Waals surface area contributed by atoms with Gasteiger partial charge in [-0.15, -0.1) is 0 Å². The number of carbonyl (C=O) groups is 3. The second kappa shape index (κ2) is 12.9. The summed E-state index contributed by atoms with van der Waals surface area (Å²) < 4.78 is 0. The highest BCUT2D eigenvalue weighted by Gasteiger charge is 2.27. The zero-order chi connectivity index (χ0) is 25.0. The minimum atomic E-state index is -1.27. The Morgan fingerprint density at radius 1 is 0.743 bits per heavy atom. The van der Waals surface area contributed by atoms with E-state index in [1.807, 2.05) is 91.0 Å². The number of carbonyl (C=O) groups excluding carboxylic acids is 2. The highest BCUT2D eigenvalue weighted by Crippen LogP contribution is 2.07. The van der Waals surface area contributed by atoms with Crippen molar-refractivity contribution in [3.63, 3.8) is 0 Å². The van der Waals surface area contributed by atoms with Crippen molar-refractivity contribution < 1.29 is 19.5 Å². The molecule has 2 amide bonds. The molecule has 3 rings (SSSR count). The van der Waals surface area contributed by atoms with Crippen LogP contribution in [-0.2, 0) is 27.2 Å². The largest absolute Gasteiger partial charge is 0.479 e. The predicted octanol–water partition coefficient (Wildman–Crippen LogP) is 2.57. The van der Waals surface area contributed by atoms with Gasteiger partial charge in [-0.25, -0.2) is 4.79 Å². The van der Waals surface area contributed by atoms with E-state index in [9.17, 15) is 19.5 Å². The second-order valence-electron chi connectivity index (χ2n) is 8.14. The number of nitrogens with two attached hydrogens (primary N) is 1. The first-order chi connectivity index (χ1) is 16.9. The minimum Gasteiger partial charge on any atom is -0.479 e. The number of nitrogens with one attached hydrogen (secondary N) is 2. The van der Waals surface area contributed by atoms with Gasteiger partial charge in [0.2, 0.25) is 11.8 Å². The third-order valence-electron chi connectivity index (χ3n) is 5.40. The summed E-state index contributed by atoms with van der Waals surface area (Å²) in [6, 6.07) is 24.6. The first-order valence-electron chi connectivity index (χ1n) is 11.3. The van der Waals surface area contributed by atoms with Crippen molar-refractivity contribution >= 4 is 23.9 Å². The van der Waals surface area contributed by atoms with Crippen molar-refractivity contribution in [1.29, 1.82) is 0 Å². The Morgan fingerprint density at radius 3 is 1.80 bits per heavy atom. The van der Waals surface area contributed by atoms with Gasteiger partial charge in [0.05, 0.1) is 6.04 Å². The normalized spacial score (nSPS) is 13.5. The molecule has 0 aliphatic carbocycles. The fraction of sp³-hybridized carbons (Fsp3) is 0.179. The molecule has 3 atom stereocenters. The van der Waals surface area contributed by atoms with Crippen molar-refractivity contribution in [1.82, 2.24) is 10.6 Å². The van der Waals surface area contributed by atoms with E-state index in [1.54, 1.807) is 6.08 Å². The summed E-state index contributed by atoms with van der Waals surface area (Å²) >= 11 is 0. The molecule has 0 heterocycles. The molecule has 180 valence electrons. The average molecular weight is 472 g/mol. The standard InChI is InChI=1S/C28H29N3O4/c29-23(18-21-12-6-2-7-13-21)26(32)31-25(19-22-14-8-3-9-15-22)27(33)30-24(28(34)35)17-16-20-10-4-1-5-11-20/h1-17,23-25H,18-19,29H2,(H,30,33)(H,31,32)(H,34,35)/b17-16+/t23-,24-,25+/m1/s1. The molecule has 0 spiro atoms. The van der Waals surface area contributed by atoms with E-state index in [-0.39, 0.29) is 6.42 Å². The molecule has 0 aliphatic rings. The van der Waals surface area contributed by atoms with Crippen molar-refractivity contribution in [2.75, 3.05) is 0 Å². The highest BCUT2D eigenvalue weighted by molar-refractivity contribution is 5.92. The van der Waals surface area contributed by atoms with E-state index in [1.165, 1.54) is 6.08 Å². The Bertz CT molecular complexity index is 1130. The van der Waals surface area contributed by atoms with Gasteiger partial charge in [0.25, 0.3) is 0 Å². The number of rotatable bonds is 11. The van der Waals surface area contributed by atoms with E-state index < -0.39 is 35.9 Å². The quantitative estimate of drug-likeness (QED) is 0.342. The van der Waals surface area contributed by atoms with Crippen LogP contribution in [0, 0.1) is 0 Å². The van der Waals surface area contributed by atoms with E-state index in [0.717, 1.165) is 16.7 Å². The summed E-state index contributed by atoms with van der Waals surface area (Å²) in [5.74, 6) is -2.31. The fourth-order valence-electron chi connectivity index (χ4n) is 3.52. The summed E-state index contributed by atoms with van der Waals surface area (Å²) in [5, 5.41) is 14.9. The maximum atomic E-state index is 13.1. The highest BCUT2D eigenvalue weighted by atomic mass is 16.4. The molecule has 3 aromatic carbocycles. The Labute approximate surface area is 204 Å². The predicted molar refractivity (Wildman–Crippen MR) is 135 cm³/mol. The smallest absolute Gasteiger partial charge is 0.330 e. The Balaban J connectivity index is 1.73. The van der Waals surface area contributed by atoms with Gasteiger partial charge in [0, 0.05) is 6.42 Å². The number of carboxylic acids is 1. The lowest BCUT2D eigenvalue weighted by molar-refractivity contribution is -0.140. The Hall–Kier alpha value is -4.23. The zero-order valence-electron chi connectivity index (χ0n) is 19.2. The maximum Gasteiger partial charge on any atom is 0.330 e. The van der Waals surface area contributed by atoms with Crippen molar-refractivity contribution in [2.24, 2.45) is 5.73 Å². The van der Waals surface area contributed by atoms with Crippen LogP contribution in [0.5, 0.6) is 0 Å². The summed E-state index contributed by atoms with van der Waals surface area (Å²) in [7, 11) is 0. The number of amides is 2. The molecule has 0 saturated heterocycles. The molecule has 0 unspecified atom stereocenters. The van der Waals surface area contributed by atoms with Gasteiger partial charge in [0.1, 0.15) is 12.1 Å². The molecule has 0 radical (unpaired) electrons. The first kappa shape index (κ1) is 25.4. The molecule has 35 heavy (non-hydrogen) atoms. The molecule has 7 heteroatoms. The van der Waals surface area contributed by atoms with Crippen LogP contribution in [0.2, 0.25) is 0 Å². The average Bonchev–Trinajstić information content (AvgIpc) is 2.87. The van der Waals surface area contributed by atoms with Crippen LogP contribution in [0.1, 0.15) is 16.7 Å². The van der Waals surface area contributed by atoms with E-state index in [4.69, 9.17) is 5.73 Å². The van der Waals surface area contributed by atoms with Gasteiger partial charge in [-0.3, -0.25) is 9.59 Å². The van der Waals surface area contributed by atoms with Gasteiger partial charge in [-0.1, -0.05) is 103 Å². The molecule has 3 aromatic rings. The third-order valence-corrected chi connectivity index (χ3v) is 5.40. The third kappa shape index (κ3) is 8.24. The van der Waals surface area contributed by atoms with Crippen LogP contribution in [0.15, 0.2) is 97.1 Å². The van der Waals surface area contributed by atoms with Crippen molar-refractivity contribution in [3.8, 4) is 0 Å². The van der Waals surface area contributed by atoms with Crippen LogP contribution in [0.25, 0.3) is 6.08 Å². The topological polar surface area (TPSA) is 122 Å². The van der Waals surface area contributed by atoms with Gasteiger partial charge in [-0.2, -0.15) is 0 Å². The van der Waals surface area contributed by atoms with E-state index >= 15 is 0 Å². The Kier molecular flexibility index (Phi) is 9.33. The van der Waals surface area contributed by atoms with E-state index in [2.05, 4.69) is 10.6 Å². The van der Waals surface area contributed by atoms with Gasteiger partial charge in [0.15, 0.2) is 0 Å². The molecule has 0 saturated carbocycles. The molecule has 5 N–H and O–H groups in total. The van der Waals surface area contributed by atoms with Crippen LogP contribution in [-0.4, -0.2) is 41.0 Å². The van der Waals surface area contributed by atoms with Gasteiger partial charge < -0.3 is 21.5 Å². The summed E-state index contributed by atoms with van der Waals surface area (Å²) in [4.78, 5) is 37.8. The van der Waals surface area contributed by atoms with Crippen LogP contribution in [0.4, 0.5) is 0 Å². The zero-order valence-corrected chi connectivity index (χ0v) is 19.2. The van der Waals surface area contributed by atoms with Crippen LogP contribution < -0.4 is 16.4 Å². The monoisotopic (exact) mass is 471 g/mol. The minimum absolute atomic E-state index is 0.186. The van der Waals surface area contributed by atoms with E-state index in [0.29, 0.717) is 6.42 Å². The first-order valence-corrected chi connectivity index (χ1v) is 11.3. The van der Waals surface area contributed by atoms with Crippen molar-refractivity contribution in [2.45, 2.75) is 31.0 Å². The molecular formula is C28H29N3O4. The Morgan fingerprint density at radius 2 is 1.26 bits per heavy atom. The second-order valence-corrected chi connectivity index (χ2v) is 8.14. The lowest BCUT2D eigenvalue weighted by Gasteiger charge is -2.22. The van der Waals surface area contributed by atoms with Crippen LogP contribution >= 0.6 is 0 Å². The summed E-state index contributed by atoms with van der Waals surface area (Å²) in [6.07, 6.45) is 3.52. The number of hydrogen-bond acceptors (Lipinski definition) is 4. The summed E-state index contributed by atoms with van der Waals surface area (Å²) in [6.45, 7) is 0. The molecular weight excluding hydrogens is 442 g/mol. The summed E-state index contributed by atoms with van der Waals surface area (Å²) in [5.41, 5.74) is 8.62. The molecule has 0 aliphatic heterocycles. The fourth-order valence-corrected chi connectivity index (χ4v) is 3.52. The van der Waals surface area contributed by atoms with Crippen LogP contribution in [0.3, 0.4) is 0 Å². The lowest BCUT2D eigenvalue weighted by Crippen LogP contribution is -2.55. The number of aliphatic carboxylic acids is 1.